The van der Waals surface area contributed by atoms with E-state index in [-0.39, 0.29) is 17.9 Å². The normalized spacial score (nSPS) is 17.5. The summed E-state index contributed by atoms with van der Waals surface area (Å²) < 4.78 is 0. The van der Waals surface area contributed by atoms with Gasteiger partial charge in [0.25, 0.3) is 0 Å². The van der Waals surface area contributed by atoms with E-state index in [0.29, 0.717) is 19.6 Å². The number of hydrogen-bond acceptors (Lipinski definition) is 3. The Hall–Kier alpha value is -2.08. The van der Waals surface area contributed by atoms with Gasteiger partial charge in [-0.1, -0.05) is 12.1 Å². The van der Waals surface area contributed by atoms with Crippen LogP contribution in [0.4, 0.5) is 10.5 Å². The predicted molar refractivity (Wildman–Crippen MR) is 96.1 cm³/mol. The summed E-state index contributed by atoms with van der Waals surface area (Å²) in [6, 6.07) is 7.60. The number of piperidine rings is 1. The van der Waals surface area contributed by atoms with Crippen LogP contribution in [-0.2, 0) is 4.79 Å². The third-order valence-corrected chi connectivity index (χ3v) is 4.40. The van der Waals surface area contributed by atoms with Crippen molar-refractivity contribution >= 4 is 17.6 Å². The monoisotopic (exact) mass is 332 g/mol. The first kappa shape index (κ1) is 18.3. The van der Waals surface area contributed by atoms with Gasteiger partial charge in [0.2, 0.25) is 5.91 Å². The lowest BCUT2D eigenvalue weighted by molar-refractivity contribution is -0.135. The molecule has 1 aromatic carbocycles. The Kier molecular flexibility index (Phi) is 6.61. The number of nitrogens with zero attached hydrogens (tertiary/aromatic N) is 2. The van der Waals surface area contributed by atoms with Gasteiger partial charge in [-0.05, 0) is 44.5 Å². The molecule has 0 aliphatic carbocycles. The number of likely N-dealkylation sites (N-methyl/N-ethyl adjacent to an activating group) is 2. The number of amides is 3. The van der Waals surface area contributed by atoms with Gasteiger partial charge in [0.15, 0.2) is 0 Å². The van der Waals surface area contributed by atoms with Gasteiger partial charge in [-0.2, -0.15) is 0 Å². The fraction of sp³-hybridized carbons (Fsp3) is 0.556. The minimum Gasteiger partial charge on any atom is -0.344 e. The van der Waals surface area contributed by atoms with Crippen molar-refractivity contribution < 1.29 is 9.59 Å². The maximum absolute atomic E-state index is 12.5. The minimum absolute atomic E-state index is 0.108. The second-order valence-electron chi connectivity index (χ2n) is 6.45. The molecule has 1 atom stereocenters. The average molecular weight is 332 g/mol. The number of hydrogen-bond donors (Lipinski definition) is 2. The van der Waals surface area contributed by atoms with Crippen molar-refractivity contribution in [1.82, 2.24) is 15.1 Å². The molecule has 132 valence electrons. The van der Waals surface area contributed by atoms with Gasteiger partial charge in [0, 0.05) is 38.9 Å². The van der Waals surface area contributed by atoms with Crippen LogP contribution in [0.5, 0.6) is 0 Å². The molecule has 2 rings (SSSR count). The van der Waals surface area contributed by atoms with E-state index in [1.807, 2.05) is 45.3 Å². The lowest BCUT2D eigenvalue weighted by Crippen LogP contribution is -2.47. The zero-order valence-corrected chi connectivity index (χ0v) is 14.8. The Morgan fingerprint density at radius 2 is 2.17 bits per heavy atom. The molecule has 2 N–H and O–H groups in total. The van der Waals surface area contributed by atoms with E-state index in [4.69, 9.17) is 0 Å². The molecule has 6 nitrogen and oxygen atoms in total. The van der Waals surface area contributed by atoms with Crippen LogP contribution in [0.1, 0.15) is 18.4 Å². The summed E-state index contributed by atoms with van der Waals surface area (Å²) >= 11 is 0. The fourth-order valence-electron chi connectivity index (χ4n) is 2.99. The Morgan fingerprint density at radius 1 is 1.38 bits per heavy atom. The van der Waals surface area contributed by atoms with Crippen molar-refractivity contribution in [2.24, 2.45) is 5.92 Å². The molecular formula is C18H28N4O2. The van der Waals surface area contributed by atoms with Gasteiger partial charge in [0.05, 0.1) is 5.92 Å². The van der Waals surface area contributed by atoms with Gasteiger partial charge in [-0.3, -0.25) is 4.79 Å². The number of rotatable bonds is 5. The maximum Gasteiger partial charge on any atom is 0.321 e. The first-order chi connectivity index (χ1) is 11.5. The first-order valence-electron chi connectivity index (χ1n) is 8.53. The zero-order valence-electron chi connectivity index (χ0n) is 14.8. The van der Waals surface area contributed by atoms with E-state index in [0.717, 1.165) is 30.6 Å². The van der Waals surface area contributed by atoms with Crippen LogP contribution in [0, 0.1) is 12.8 Å². The summed E-state index contributed by atoms with van der Waals surface area (Å²) in [5.41, 5.74) is 1.89. The number of aryl methyl sites for hydroxylation is 1. The Labute approximate surface area is 144 Å². The predicted octanol–water partition coefficient (Wildman–Crippen LogP) is 1.92. The number of carbonyl (C=O) groups excluding carboxylic acids is 2. The van der Waals surface area contributed by atoms with Gasteiger partial charge < -0.3 is 20.4 Å². The fourth-order valence-corrected chi connectivity index (χ4v) is 2.99. The molecule has 24 heavy (non-hydrogen) atoms. The summed E-state index contributed by atoms with van der Waals surface area (Å²) in [5.74, 6) is 0.0159. The van der Waals surface area contributed by atoms with E-state index < -0.39 is 0 Å². The Morgan fingerprint density at radius 3 is 2.88 bits per heavy atom. The third-order valence-electron chi connectivity index (χ3n) is 4.40. The van der Waals surface area contributed by atoms with Crippen molar-refractivity contribution in [2.45, 2.75) is 19.8 Å². The molecule has 0 radical (unpaired) electrons. The molecule has 1 aliphatic rings. The second kappa shape index (κ2) is 8.68. The van der Waals surface area contributed by atoms with E-state index >= 15 is 0 Å². The van der Waals surface area contributed by atoms with Crippen LogP contribution in [0.3, 0.4) is 0 Å². The molecule has 0 saturated carbocycles. The average Bonchev–Trinajstić information content (AvgIpc) is 2.59. The Balaban J connectivity index is 1.92. The number of anilines is 1. The third kappa shape index (κ3) is 4.96. The summed E-state index contributed by atoms with van der Waals surface area (Å²) in [5, 5.41) is 5.97. The molecular weight excluding hydrogens is 304 g/mol. The highest BCUT2D eigenvalue weighted by Gasteiger charge is 2.30. The summed E-state index contributed by atoms with van der Waals surface area (Å²) in [6.07, 6.45) is 1.70. The lowest BCUT2D eigenvalue weighted by Gasteiger charge is -2.34. The van der Waals surface area contributed by atoms with Crippen LogP contribution in [-0.4, -0.2) is 62.0 Å². The molecule has 1 heterocycles. The first-order valence-corrected chi connectivity index (χ1v) is 8.53. The van der Waals surface area contributed by atoms with Crippen LogP contribution in [0.25, 0.3) is 0 Å². The highest BCUT2D eigenvalue weighted by Crippen LogP contribution is 2.20. The van der Waals surface area contributed by atoms with Gasteiger partial charge in [-0.15, -0.1) is 0 Å². The molecule has 6 heteroatoms. The number of urea groups is 1. The molecule has 3 amide bonds. The number of carbonyl (C=O) groups is 2. The van der Waals surface area contributed by atoms with E-state index in [1.54, 1.807) is 9.80 Å². The smallest absolute Gasteiger partial charge is 0.321 e. The van der Waals surface area contributed by atoms with Crippen LogP contribution >= 0.6 is 0 Å². The van der Waals surface area contributed by atoms with Crippen LogP contribution < -0.4 is 10.6 Å². The Bertz CT molecular complexity index is 576. The highest BCUT2D eigenvalue weighted by molar-refractivity contribution is 5.90. The highest BCUT2D eigenvalue weighted by atomic mass is 16.2. The number of nitrogens with one attached hydrogen (secondary N) is 2. The SMILES string of the molecule is CNCCN(C)C(=O)C1CCCN(C(=O)Nc2cccc(C)c2)C1. The summed E-state index contributed by atoms with van der Waals surface area (Å²) in [6.45, 7) is 4.63. The quantitative estimate of drug-likeness (QED) is 0.866. The number of benzene rings is 1. The van der Waals surface area contributed by atoms with E-state index in [2.05, 4.69) is 10.6 Å². The van der Waals surface area contributed by atoms with E-state index in [9.17, 15) is 9.59 Å². The van der Waals surface area contributed by atoms with Gasteiger partial charge >= 0.3 is 6.03 Å². The topological polar surface area (TPSA) is 64.7 Å². The molecule has 1 saturated heterocycles. The molecule has 0 spiro atoms. The standard InChI is InChI=1S/C18H28N4O2/c1-14-6-4-8-16(12-14)20-18(24)22-10-5-7-15(13-22)17(23)21(3)11-9-19-2/h4,6,8,12,15,19H,5,7,9-11,13H2,1-3H3,(H,20,24). The van der Waals surface area contributed by atoms with Gasteiger partial charge in [-0.25, -0.2) is 4.79 Å². The van der Waals surface area contributed by atoms with Crippen molar-refractivity contribution in [3.8, 4) is 0 Å². The molecule has 1 unspecified atom stereocenters. The van der Waals surface area contributed by atoms with Crippen molar-refractivity contribution in [2.75, 3.05) is 45.6 Å². The molecule has 1 fully saturated rings. The minimum atomic E-state index is -0.129. The zero-order chi connectivity index (χ0) is 17.5. The van der Waals surface area contributed by atoms with Crippen molar-refractivity contribution in [1.29, 1.82) is 0 Å². The van der Waals surface area contributed by atoms with E-state index in [1.165, 1.54) is 0 Å². The second-order valence-corrected chi connectivity index (χ2v) is 6.45. The molecule has 1 aliphatic heterocycles. The molecule has 0 aromatic heterocycles. The summed E-state index contributed by atoms with van der Waals surface area (Å²) in [7, 11) is 3.70. The lowest BCUT2D eigenvalue weighted by atomic mass is 9.97. The van der Waals surface area contributed by atoms with Crippen molar-refractivity contribution in [3.63, 3.8) is 0 Å². The van der Waals surface area contributed by atoms with Crippen LogP contribution in [0.2, 0.25) is 0 Å². The molecule has 1 aromatic rings. The largest absolute Gasteiger partial charge is 0.344 e. The molecule has 0 bridgehead atoms. The van der Waals surface area contributed by atoms with Gasteiger partial charge in [0.1, 0.15) is 0 Å². The summed E-state index contributed by atoms with van der Waals surface area (Å²) in [4.78, 5) is 28.5. The number of likely N-dealkylation sites (tertiary alicyclic amines) is 1. The van der Waals surface area contributed by atoms with Crippen molar-refractivity contribution in [3.05, 3.63) is 29.8 Å². The van der Waals surface area contributed by atoms with Crippen LogP contribution in [0.15, 0.2) is 24.3 Å². The maximum atomic E-state index is 12.5.